The predicted octanol–water partition coefficient (Wildman–Crippen LogP) is 1.06. The molecule has 4 heteroatoms. The number of hydrogen-bond acceptors (Lipinski definition) is 4. The molecule has 1 aromatic heterocycles. The lowest BCUT2D eigenvalue weighted by Crippen LogP contribution is -1.83. The summed E-state index contributed by atoms with van der Waals surface area (Å²) >= 11 is 1.36. The molecule has 0 atom stereocenters. The minimum Gasteiger partial charge on any atom is -0.122 e. The van der Waals surface area contributed by atoms with Crippen molar-refractivity contribution in [3.8, 4) is 0 Å². The third kappa shape index (κ3) is 1.01. The van der Waals surface area contributed by atoms with Crippen LogP contribution >= 0.6 is 11.5 Å². The summed E-state index contributed by atoms with van der Waals surface area (Å²) in [5, 5.41) is 8.24. The van der Waals surface area contributed by atoms with Gasteiger partial charge in [-0.3, -0.25) is 0 Å². The van der Waals surface area contributed by atoms with Gasteiger partial charge in [-0.25, -0.2) is 0 Å². The molecule has 0 aliphatic heterocycles. The van der Waals surface area contributed by atoms with E-state index in [0.717, 1.165) is 5.01 Å². The van der Waals surface area contributed by atoms with Gasteiger partial charge >= 0.3 is 0 Å². The molecular weight excluding hydrogens is 122 g/mol. The summed E-state index contributed by atoms with van der Waals surface area (Å²) < 4.78 is 3.62. The predicted molar refractivity (Wildman–Crippen MR) is 31.8 cm³/mol. The maximum Gasteiger partial charge on any atom is 0.140 e. The summed E-state index contributed by atoms with van der Waals surface area (Å²) in [5.41, 5.74) is 0. The second-order valence-electron chi connectivity index (χ2n) is 1.86. The zero-order valence-electron chi connectivity index (χ0n) is 4.83. The molecular formula is C4H7N3S. The van der Waals surface area contributed by atoms with E-state index in [2.05, 4.69) is 28.6 Å². The zero-order chi connectivity index (χ0) is 5.98. The molecule has 1 rings (SSSR count). The van der Waals surface area contributed by atoms with E-state index in [0.29, 0.717) is 5.92 Å². The molecule has 8 heavy (non-hydrogen) atoms. The topological polar surface area (TPSA) is 38.7 Å². The molecule has 0 unspecified atom stereocenters. The highest BCUT2D eigenvalue weighted by Crippen LogP contribution is 2.11. The SMILES string of the molecule is CC(C)c1nnns1. The van der Waals surface area contributed by atoms with Gasteiger partial charge in [-0.15, -0.1) is 5.10 Å². The Balaban J connectivity index is 2.77. The molecule has 0 bridgehead atoms. The largest absolute Gasteiger partial charge is 0.140 e. The molecule has 0 amide bonds. The molecule has 0 radical (unpaired) electrons. The Hall–Kier alpha value is -0.510. The van der Waals surface area contributed by atoms with E-state index in [-0.39, 0.29) is 0 Å². The van der Waals surface area contributed by atoms with Crippen molar-refractivity contribution in [3.05, 3.63) is 5.01 Å². The van der Waals surface area contributed by atoms with Crippen molar-refractivity contribution in [1.82, 2.24) is 14.8 Å². The number of hydrogen-bond donors (Lipinski definition) is 0. The molecule has 0 spiro atoms. The normalized spacial score (nSPS) is 10.4. The van der Waals surface area contributed by atoms with Crippen molar-refractivity contribution in [2.45, 2.75) is 19.8 Å². The van der Waals surface area contributed by atoms with Gasteiger partial charge in [0, 0.05) is 17.5 Å². The van der Waals surface area contributed by atoms with E-state index < -0.39 is 0 Å². The molecule has 0 N–H and O–H groups in total. The monoisotopic (exact) mass is 129 g/mol. The highest BCUT2D eigenvalue weighted by atomic mass is 32.1. The van der Waals surface area contributed by atoms with Gasteiger partial charge in [0.2, 0.25) is 0 Å². The lowest BCUT2D eigenvalue weighted by atomic mass is 10.2. The molecule has 44 valence electrons. The molecule has 1 heterocycles. The minimum atomic E-state index is 0.468. The lowest BCUT2D eigenvalue weighted by Gasteiger charge is -1.90. The third-order valence-electron chi connectivity index (χ3n) is 0.808. The zero-order valence-corrected chi connectivity index (χ0v) is 5.64. The van der Waals surface area contributed by atoms with Crippen molar-refractivity contribution in [2.75, 3.05) is 0 Å². The van der Waals surface area contributed by atoms with Gasteiger partial charge in [-0.2, -0.15) is 0 Å². The summed E-state index contributed by atoms with van der Waals surface area (Å²) in [6, 6.07) is 0. The number of aromatic nitrogens is 3. The van der Waals surface area contributed by atoms with Gasteiger partial charge in [-0.1, -0.05) is 18.3 Å². The van der Waals surface area contributed by atoms with Crippen molar-refractivity contribution < 1.29 is 0 Å². The van der Waals surface area contributed by atoms with Gasteiger partial charge in [0.05, 0.1) is 0 Å². The molecule has 0 aromatic carbocycles. The minimum absolute atomic E-state index is 0.468. The number of nitrogens with zero attached hydrogens (tertiary/aromatic N) is 3. The van der Waals surface area contributed by atoms with Crippen LogP contribution in [0.4, 0.5) is 0 Å². The van der Waals surface area contributed by atoms with Crippen molar-refractivity contribution in [2.24, 2.45) is 0 Å². The average Bonchev–Trinajstić information content (AvgIpc) is 2.12. The molecule has 0 fully saturated rings. The first-order valence-corrected chi connectivity index (χ1v) is 3.23. The Kier molecular flexibility index (Phi) is 1.53. The quantitative estimate of drug-likeness (QED) is 0.569. The molecule has 1 aromatic rings. The molecule has 0 aliphatic carbocycles. The maximum atomic E-state index is 3.77. The van der Waals surface area contributed by atoms with E-state index in [9.17, 15) is 0 Å². The summed E-state index contributed by atoms with van der Waals surface area (Å²) in [7, 11) is 0. The standard InChI is InChI=1S/C4H7N3S/c1-3(2)4-5-6-7-8-4/h3H,1-2H3. The summed E-state index contributed by atoms with van der Waals surface area (Å²) in [5.74, 6) is 0.468. The van der Waals surface area contributed by atoms with E-state index in [1.807, 2.05) is 0 Å². The van der Waals surface area contributed by atoms with Crippen molar-refractivity contribution in [3.63, 3.8) is 0 Å². The first kappa shape index (κ1) is 5.62. The van der Waals surface area contributed by atoms with E-state index in [1.54, 1.807) is 0 Å². The van der Waals surface area contributed by atoms with Crippen LogP contribution in [0, 0.1) is 0 Å². The van der Waals surface area contributed by atoms with Crippen LogP contribution in [-0.2, 0) is 0 Å². The first-order valence-electron chi connectivity index (χ1n) is 2.45. The molecule has 0 saturated heterocycles. The van der Waals surface area contributed by atoms with E-state index in [1.165, 1.54) is 11.5 Å². The van der Waals surface area contributed by atoms with Gasteiger partial charge < -0.3 is 0 Å². The van der Waals surface area contributed by atoms with Gasteiger partial charge in [-0.05, 0) is 5.21 Å². The maximum absolute atomic E-state index is 3.77. The summed E-state index contributed by atoms with van der Waals surface area (Å²) in [4.78, 5) is 0. The van der Waals surface area contributed by atoms with E-state index >= 15 is 0 Å². The Morgan fingerprint density at radius 1 is 1.50 bits per heavy atom. The first-order chi connectivity index (χ1) is 3.80. The Bertz CT molecular complexity index is 146. The second kappa shape index (κ2) is 2.17. The fourth-order valence-corrected chi connectivity index (χ4v) is 0.802. The highest BCUT2D eigenvalue weighted by Gasteiger charge is 2.00. The second-order valence-corrected chi connectivity index (χ2v) is 2.62. The van der Waals surface area contributed by atoms with Crippen LogP contribution in [0.1, 0.15) is 24.8 Å². The van der Waals surface area contributed by atoms with Crippen LogP contribution in [0.15, 0.2) is 0 Å². The average molecular weight is 129 g/mol. The molecule has 0 saturated carbocycles. The Labute approximate surface area is 51.9 Å². The van der Waals surface area contributed by atoms with Crippen LogP contribution in [0.2, 0.25) is 0 Å². The third-order valence-corrected chi connectivity index (χ3v) is 1.70. The Morgan fingerprint density at radius 3 is 2.50 bits per heavy atom. The van der Waals surface area contributed by atoms with Gasteiger partial charge in [0.25, 0.3) is 0 Å². The summed E-state index contributed by atoms with van der Waals surface area (Å²) in [6.45, 7) is 4.14. The van der Waals surface area contributed by atoms with Crippen LogP contribution in [-0.4, -0.2) is 14.8 Å². The van der Waals surface area contributed by atoms with Crippen LogP contribution < -0.4 is 0 Å². The molecule has 0 aliphatic rings. The van der Waals surface area contributed by atoms with Crippen molar-refractivity contribution in [1.29, 1.82) is 0 Å². The fourth-order valence-electron chi connectivity index (χ4n) is 0.362. The Morgan fingerprint density at radius 2 is 2.25 bits per heavy atom. The lowest BCUT2D eigenvalue weighted by molar-refractivity contribution is 0.809. The van der Waals surface area contributed by atoms with Crippen LogP contribution in [0.25, 0.3) is 0 Å². The van der Waals surface area contributed by atoms with Gasteiger partial charge in [0.1, 0.15) is 5.01 Å². The smallest absolute Gasteiger partial charge is 0.122 e. The van der Waals surface area contributed by atoms with Gasteiger partial charge in [0.15, 0.2) is 0 Å². The highest BCUT2D eigenvalue weighted by molar-refractivity contribution is 7.05. The van der Waals surface area contributed by atoms with E-state index in [4.69, 9.17) is 0 Å². The molecule has 3 nitrogen and oxygen atoms in total. The van der Waals surface area contributed by atoms with Crippen molar-refractivity contribution >= 4 is 11.5 Å². The fraction of sp³-hybridized carbons (Fsp3) is 0.750. The van der Waals surface area contributed by atoms with Crippen LogP contribution in [0.5, 0.6) is 0 Å². The summed E-state index contributed by atoms with van der Waals surface area (Å²) in [6.07, 6.45) is 0. The van der Waals surface area contributed by atoms with Crippen LogP contribution in [0.3, 0.4) is 0 Å². The number of rotatable bonds is 1.